The van der Waals surface area contributed by atoms with Crippen molar-refractivity contribution in [2.75, 3.05) is 26.7 Å². The van der Waals surface area contributed by atoms with Crippen LogP contribution in [0.1, 0.15) is 48.8 Å². The summed E-state index contributed by atoms with van der Waals surface area (Å²) < 4.78 is 18.8. The first-order valence-electron chi connectivity index (χ1n) is 9.83. The van der Waals surface area contributed by atoms with Crippen molar-refractivity contribution >= 4 is 12.4 Å². The Morgan fingerprint density at radius 3 is 2.74 bits per heavy atom. The fraction of sp³-hybridized carbons (Fsp3) is 0.478. The molecule has 0 aromatic heterocycles. The summed E-state index contributed by atoms with van der Waals surface area (Å²) in [5, 5.41) is 0. The van der Waals surface area contributed by atoms with Gasteiger partial charge in [-0.1, -0.05) is 25.1 Å². The molecular weight excluding hydrogens is 361 g/mol. The number of rotatable bonds is 8. The molecule has 0 heterocycles. The van der Waals surface area contributed by atoms with Crippen LogP contribution in [0.4, 0.5) is 4.39 Å². The lowest BCUT2D eigenvalue weighted by molar-refractivity contribution is 0.250. The van der Waals surface area contributed by atoms with Gasteiger partial charge in [-0.15, -0.1) is 12.4 Å². The summed E-state index contributed by atoms with van der Waals surface area (Å²) in [7, 11) is 1.73. The minimum atomic E-state index is -0.139. The van der Waals surface area contributed by atoms with Crippen molar-refractivity contribution in [1.29, 1.82) is 0 Å². The highest BCUT2D eigenvalue weighted by molar-refractivity contribution is 5.85. The molecule has 0 fully saturated rings. The summed E-state index contributed by atoms with van der Waals surface area (Å²) in [6, 6.07) is 13.6. The molecule has 1 atom stereocenters. The van der Waals surface area contributed by atoms with Crippen molar-refractivity contribution in [1.82, 2.24) is 4.90 Å². The molecule has 3 rings (SSSR count). The monoisotopic (exact) mass is 391 g/mol. The van der Waals surface area contributed by atoms with Gasteiger partial charge in [0.05, 0.1) is 7.11 Å². The molecule has 27 heavy (non-hydrogen) atoms. The van der Waals surface area contributed by atoms with Gasteiger partial charge in [0.25, 0.3) is 0 Å². The summed E-state index contributed by atoms with van der Waals surface area (Å²) in [5.41, 5.74) is 4.02. The molecular formula is C23H31ClFNO. The van der Waals surface area contributed by atoms with Gasteiger partial charge in [-0.2, -0.15) is 0 Å². The van der Waals surface area contributed by atoms with E-state index < -0.39 is 0 Å². The summed E-state index contributed by atoms with van der Waals surface area (Å²) in [5.74, 6) is 1.41. The molecule has 0 aliphatic heterocycles. The second-order valence-electron chi connectivity index (χ2n) is 7.33. The Hall–Kier alpha value is -1.58. The predicted molar refractivity (Wildman–Crippen MR) is 113 cm³/mol. The number of halogens is 2. The van der Waals surface area contributed by atoms with Crippen molar-refractivity contribution in [3.8, 4) is 5.75 Å². The number of nitrogens with zero attached hydrogens (tertiary/aromatic N) is 1. The average molecular weight is 392 g/mol. The molecule has 0 saturated carbocycles. The summed E-state index contributed by atoms with van der Waals surface area (Å²) >= 11 is 0. The van der Waals surface area contributed by atoms with Gasteiger partial charge < -0.3 is 9.64 Å². The molecule has 0 saturated heterocycles. The third-order valence-electron chi connectivity index (χ3n) is 5.41. The van der Waals surface area contributed by atoms with E-state index >= 15 is 0 Å². The van der Waals surface area contributed by atoms with Crippen LogP contribution in [0.5, 0.6) is 5.75 Å². The molecule has 2 aromatic rings. The Balaban J connectivity index is 0.00000261. The number of hydrogen-bond acceptors (Lipinski definition) is 2. The van der Waals surface area contributed by atoms with Crippen LogP contribution in [-0.4, -0.2) is 31.6 Å². The van der Waals surface area contributed by atoms with Crippen molar-refractivity contribution in [2.45, 2.75) is 44.9 Å². The molecule has 0 spiro atoms. The van der Waals surface area contributed by atoms with E-state index in [1.807, 2.05) is 6.07 Å². The lowest BCUT2D eigenvalue weighted by Crippen LogP contribution is -2.32. The van der Waals surface area contributed by atoms with Gasteiger partial charge in [0.2, 0.25) is 0 Å². The van der Waals surface area contributed by atoms with E-state index in [4.69, 9.17) is 4.74 Å². The maximum atomic E-state index is 13.4. The van der Waals surface area contributed by atoms with Gasteiger partial charge in [0.1, 0.15) is 11.6 Å². The Kier molecular flexibility index (Phi) is 8.59. The van der Waals surface area contributed by atoms with Gasteiger partial charge in [0, 0.05) is 13.1 Å². The molecule has 0 bridgehead atoms. The number of fused-ring (bicyclic) bond motifs is 1. The lowest BCUT2D eigenvalue weighted by atomic mass is 9.82. The van der Waals surface area contributed by atoms with Gasteiger partial charge in [0.15, 0.2) is 0 Å². The first-order valence-corrected chi connectivity index (χ1v) is 9.83. The van der Waals surface area contributed by atoms with Crippen molar-refractivity contribution in [2.24, 2.45) is 0 Å². The van der Waals surface area contributed by atoms with Crippen LogP contribution in [0.3, 0.4) is 0 Å². The highest BCUT2D eigenvalue weighted by Gasteiger charge is 2.22. The molecule has 1 aliphatic rings. The molecule has 0 radical (unpaired) electrons. The quantitative estimate of drug-likeness (QED) is 0.578. The SMILES string of the molecule is CCCN(CCc1cccc(F)c1)CC1CCCc2cc(OC)ccc21.Cl. The predicted octanol–water partition coefficient (Wildman–Crippen LogP) is 5.63. The Bertz CT molecular complexity index is 721. The zero-order valence-corrected chi connectivity index (χ0v) is 17.2. The van der Waals surface area contributed by atoms with E-state index in [9.17, 15) is 4.39 Å². The van der Waals surface area contributed by atoms with Crippen LogP contribution in [0.15, 0.2) is 42.5 Å². The molecule has 0 N–H and O–H groups in total. The van der Waals surface area contributed by atoms with Crippen LogP contribution in [0.2, 0.25) is 0 Å². The topological polar surface area (TPSA) is 12.5 Å². The maximum absolute atomic E-state index is 13.4. The van der Waals surface area contributed by atoms with Crippen LogP contribution >= 0.6 is 12.4 Å². The third kappa shape index (κ3) is 5.95. The average Bonchev–Trinajstić information content (AvgIpc) is 2.66. The Morgan fingerprint density at radius 2 is 2.00 bits per heavy atom. The number of benzene rings is 2. The maximum Gasteiger partial charge on any atom is 0.123 e. The van der Waals surface area contributed by atoms with Gasteiger partial charge >= 0.3 is 0 Å². The zero-order valence-electron chi connectivity index (χ0n) is 16.4. The first-order chi connectivity index (χ1) is 12.7. The largest absolute Gasteiger partial charge is 0.497 e. The molecule has 148 valence electrons. The van der Waals surface area contributed by atoms with Crippen LogP contribution in [0.25, 0.3) is 0 Å². The fourth-order valence-corrected chi connectivity index (χ4v) is 4.11. The van der Waals surface area contributed by atoms with Crippen LogP contribution in [0, 0.1) is 5.82 Å². The minimum Gasteiger partial charge on any atom is -0.497 e. The van der Waals surface area contributed by atoms with Crippen molar-refractivity contribution in [3.63, 3.8) is 0 Å². The highest BCUT2D eigenvalue weighted by atomic mass is 35.5. The lowest BCUT2D eigenvalue weighted by Gasteiger charge is -2.31. The minimum absolute atomic E-state index is 0. The Morgan fingerprint density at radius 1 is 1.15 bits per heavy atom. The highest BCUT2D eigenvalue weighted by Crippen LogP contribution is 2.34. The van der Waals surface area contributed by atoms with Crippen LogP contribution < -0.4 is 4.74 Å². The summed E-state index contributed by atoms with van der Waals surface area (Å²) in [6.45, 7) is 5.40. The van der Waals surface area contributed by atoms with Crippen molar-refractivity contribution in [3.05, 3.63) is 65.0 Å². The van der Waals surface area contributed by atoms with E-state index in [0.717, 1.165) is 50.2 Å². The second-order valence-corrected chi connectivity index (χ2v) is 7.33. The molecule has 1 aliphatic carbocycles. The molecule has 2 nitrogen and oxygen atoms in total. The molecule has 1 unspecified atom stereocenters. The standard InChI is InChI=1S/C23H30FNO.ClH/c1-3-13-25(14-12-18-6-4-9-21(24)15-18)17-20-8-5-7-19-16-22(26-2)10-11-23(19)20;/h4,6,9-11,15-16,20H,3,5,7-8,12-14,17H2,1-2H3;1H. The van der Waals surface area contributed by atoms with E-state index in [2.05, 4.69) is 30.0 Å². The number of ether oxygens (including phenoxy) is 1. The molecule has 4 heteroatoms. The van der Waals surface area contributed by atoms with E-state index in [1.165, 1.54) is 30.0 Å². The first kappa shape index (κ1) is 21.7. The summed E-state index contributed by atoms with van der Waals surface area (Å²) in [4.78, 5) is 2.55. The normalized spacial score (nSPS) is 15.9. The fourth-order valence-electron chi connectivity index (χ4n) is 4.11. The van der Waals surface area contributed by atoms with E-state index in [-0.39, 0.29) is 18.2 Å². The van der Waals surface area contributed by atoms with Gasteiger partial charge in [-0.25, -0.2) is 4.39 Å². The number of aryl methyl sites for hydroxylation is 1. The van der Waals surface area contributed by atoms with Crippen molar-refractivity contribution < 1.29 is 9.13 Å². The molecule has 2 aromatic carbocycles. The number of hydrogen-bond donors (Lipinski definition) is 0. The number of methoxy groups -OCH3 is 1. The zero-order chi connectivity index (χ0) is 18.4. The van der Waals surface area contributed by atoms with Gasteiger partial charge in [-0.05, 0) is 85.5 Å². The van der Waals surface area contributed by atoms with Gasteiger partial charge in [-0.3, -0.25) is 0 Å². The molecule has 0 amide bonds. The van der Waals surface area contributed by atoms with E-state index in [1.54, 1.807) is 19.2 Å². The second kappa shape index (κ2) is 10.7. The summed E-state index contributed by atoms with van der Waals surface area (Å²) in [6.07, 6.45) is 5.69. The Labute approximate surface area is 169 Å². The van der Waals surface area contributed by atoms with E-state index in [0.29, 0.717) is 5.92 Å². The third-order valence-corrected chi connectivity index (χ3v) is 5.41. The smallest absolute Gasteiger partial charge is 0.123 e. The van der Waals surface area contributed by atoms with Crippen LogP contribution in [-0.2, 0) is 12.8 Å².